The maximum absolute atomic E-state index is 12.8. The predicted octanol–water partition coefficient (Wildman–Crippen LogP) is -2.08. The van der Waals surface area contributed by atoms with Gasteiger partial charge in [-0.15, -0.1) is 0 Å². The summed E-state index contributed by atoms with van der Waals surface area (Å²) >= 11 is 4.02. The van der Waals surface area contributed by atoms with Crippen LogP contribution in [0, 0.1) is 0 Å². The van der Waals surface area contributed by atoms with Gasteiger partial charge in [0.25, 0.3) is 0 Å². The topological polar surface area (TPSA) is 194 Å². The van der Waals surface area contributed by atoms with E-state index in [0.717, 1.165) is 5.56 Å². The first-order valence-electron chi connectivity index (χ1n) is 9.43. The van der Waals surface area contributed by atoms with Crippen molar-refractivity contribution in [1.29, 1.82) is 0 Å². The molecule has 3 unspecified atom stereocenters. The second-order valence-corrected chi connectivity index (χ2v) is 7.08. The highest BCUT2D eigenvalue weighted by molar-refractivity contribution is 7.80. The monoisotopic (exact) mass is 453 g/mol. The van der Waals surface area contributed by atoms with Crippen molar-refractivity contribution >= 4 is 42.2 Å². The van der Waals surface area contributed by atoms with E-state index in [4.69, 9.17) is 16.6 Å². The summed E-state index contributed by atoms with van der Waals surface area (Å²) in [6.07, 6.45) is 0.0320. The summed E-state index contributed by atoms with van der Waals surface area (Å²) in [5, 5.41) is 15.8. The molecule has 1 rings (SSSR count). The van der Waals surface area contributed by atoms with Gasteiger partial charge in [0.15, 0.2) is 0 Å². The van der Waals surface area contributed by atoms with E-state index in [1.54, 1.807) is 30.3 Å². The molecule has 4 amide bonds. The molecule has 1 aromatic carbocycles. The number of rotatable bonds is 13. The lowest BCUT2D eigenvalue weighted by Crippen LogP contribution is -2.57. The number of benzene rings is 1. The largest absolute Gasteiger partial charge is 0.480 e. The fourth-order valence-electron chi connectivity index (χ4n) is 2.52. The molecule has 1 aromatic rings. The summed E-state index contributed by atoms with van der Waals surface area (Å²) in [6.45, 7) is -0.613. The van der Waals surface area contributed by atoms with Gasteiger partial charge in [0.2, 0.25) is 23.6 Å². The van der Waals surface area contributed by atoms with Crippen LogP contribution in [0.25, 0.3) is 0 Å². The molecule has 3 atom stereocenters. The van der Waals surface area contributed by atoms with Gasteiger partial charge in [-0.05, 0) is 12.0 Å². The van der Waals surface area contributed by atoms with Crippen LogP contribution in [0.15, 0.2) is 30.3 Å². The zero-order valence-electron chi connectivity index (χ0n) is 16.7. The first-order chi connectivity index (χ1) is 14.6. The van der Waals surface area contributed by atoms with Gasteiger partial charge in [-0.25, -0.2) is 0 Å². The minimum absolute atomic E-state index is 0.0116. The lowest BCUT2D eigenvalue weighted by molar-refractivity contribution is -0.138. The van der Waals surface area contributed by atoms with Gasteiger partial charge in [-0.1, -0.05) is 30.3 Å². The molecule has 0 aliphatic carbocycles. The second-order valence-electron chi connectivity index (χ2n) is 6.72. The molecule has 0 fully saturated rings. The average molecular weight is 454 g/mol. The molecule has 0 aliphatic heterocycles. The van der Waals surface area contributed by atoms with Gasteiger partial charge >= 0.3 is 5.97 Å². The number of nitrogens with two attached hydrogens (primary N) is 2. The highest BCUT2D eigenvalue weighted by atomic mass is 32.1. The number of hydrogen-bond acceptors (Lipinski definition) is 7. The standard InChI is InChI=1S/C19H27N5O6S/c20-12(6-7-15(21)25)17(28)23-13(8-11-4-2-1-3-5-11)19(30)24-14(10-31)18(29)22-9-16(26)27/h1-5,12-14,31H,6-10,20H2,(H2,21,25)(H,22,29)(H,23,28)(H,24,30)(H,26,27). The Kier molecular flexibility index (Phi) is 11.1. The molecule has 0 saturated heterocycles. The molecule has 0 bridgehead atoms. The quantitative estimate of drug-likeness (QED) is 0.166. The SMILES string of the molecule is NC(=O)CCC(N)C(=O)NC(Cc1ccccc1)C(=O)NC(CS)C(=O)NCC(=O)O. The first kappa shape index (κ1) is 25.9. The van der Waals surface area contributed by atoms with Crippen LogP contribution in [-0.4, -0.2) is 65.1 Å². The molecule has 8 N–H and O–H groups in total. The average Bonchev–Trinajstić information content (AvgIpc) is 2.73. The Hall–Kier alpha value is -3.12. The minimum atomic E-state index is -1.24. The summed E-state index contributed by atoms with van der Waals surface area (Å²) in [6, 6.07) is 5.59. The van der Waals surface area contributed by atoms with E-state index in [1.807, 2.05) is 0 Å². The van der Waals surface area contributed by atoms with Crippen molar-refractivity contribution in [2.24, 2.45) is 11.5 Å². The van der Waals surface area contributed by atoms with Crippen LogP contribution < -0.4 is 27.4 Å². The molecule has 0 aromatic heterocycles. The van der Waals surface area contributed by atoms with Gasteiger partial charge in [0.05, 0.1) is 6.04 Å². The summed E-state index contributed by atoms with van der Waals surface area (Å²) in [5.41, 5.74) is 11.6. The normalized spacial score (nSPS) is 13.4. The number of carboxylic acid groups (broad SMARTS) is 1. The summed E-state index contributed by atoms with van der Waals surface area (Å²) in [4.78, 5) is 58.8. The van der Waals surface area contributed by atoms with Gasteiger partial charge < -0.3 is 32.5 Å². The number of carbonyl (C=O) groups excluding carboxylic acids is 4. The number of hydrogen-bond donors (Lipinski definition) is 7. The van der Waals surface area contributed by atoms with Crippen molar-refractivity contribution < 1.29 is 29.1 Å². The fraction of sp³-hybridized carbons (Fsp3) is 0.421. The highest BCUT2D eigenvalue weighted by Gasteiger charge is 2.28. The van der Waals surface area contributed by atoms with Crippen LogP contribution in [0.3, 0.4) is 0 Å². The Balaban J connectivity index is 2.89. The van der Waals surface area contributed by atoms with Crippen LogP contribution in [0.4, 0.5) is 0 Å². The molecule has 0 radical (unpaired) electrons. The van der Waals surface area contributed by atoms with E-state index in [0.29, 0.717) is 0 Å². The number of aliphatic carboxylic acids is 1. The molecule has 0 aliphatic rings. The second kappa shape index (κ2) is 13.2. The molecule has 0 saturated carbocycles. The first-order valence-corrected chi connectivity index (χ1v) is 10.1. The van der Waals surface area contributed by atoms with Crippen molar-refractivity contribution in [2.45, 2.75) is 37.4 Å². The van der Waals surface area contributed by atoms with Gasteiger partial charge in [0.1, 0.15) is 18.6 Å². The van der Waals surface area contributed by atoms with E-state index >= 15 is 0 Å². The summed E-state index contributed by atoms with van der Waals surface area (Å²) in [5.74, 6) is -4.00. The Bertz CT molecular complexity index is 791. The van der Waals surface area contributed by atoms with E-state index in [2.05, 4.69) is 28.6 Å². The van der Waals surface area contributed by atoms with Crippen molar-refractivity contribution in [3.05, 3.63) is 35.9 Å². The van der Waals surface area contributed by atoms with Gasteiger partial charge in [-0.3, -0.25) is 24.0 Å². The predicted molar refractivity (Wildman–Crippen MR) is 115 cm³/mol. The Morgan fingerprint density at radius 3 is 2.13 bits per heavy atom. The number of carboxylic acids is 1. The molecular formula is C19H27N5O6S. The van der Waals surface area contributed by atoms with E-state index in [-0.39, 0.29) is 25.0 Å². The van der Waals surface area contributed by atoms with Crippen LogP contribution in [0.5, 0.6) is 0 Å². The third kappa shape index (κ3) is 9.96. The maximum Gasteiger partial charge on any atom is 0.322 e. The minimum Gasteiger partial charge on any atom is -0.480 e. The van der Waals surface area contributed by atoms with Crippen LogP contribution in [-0.2, 0) is 30.4 Å². The Labute approximate surface area is 184 Å². The van der Waals surface area contributed by atoms with E-state index in [1.165, 1.54) is 0 Å². The molecule has 0 heterocycles. The lowest BCUT2D eigenvalue weighted by atomic mass is 10.0. The molecule has 11 nitrogen and oxygen atoms in total. The van der Waals surface area contributed by atoms with E-state index in [9.17, 15) is 24.0 Å². The molecule has 0 spiro atoms. The number of primary amides is 1. The fourth-order valence-corrected chi connectivity index (χ4v) is 2.78. The third-order valence-corrected chi connectivity index (χ3v) is 4.55. The van der Waals surface area contributed by atoms with Crippen molar-refractivity contribution in [3.8, 4) is 0 Å². The van der Waals surface area contributed by atoms with Crippen molar-refractivity contribution in [2.75, 3.05) is 12.3 Å². The van der Waals surface area contributed by atoms with E-state index < -0.39 is 54.3 Å². The van der Waals surface area contributed by atoms with Gasteiger partial charge in [-0.2, -0.15) is 12.6 Å². The number of amides is 4. The zero-order chi connectivity index (χ0) is 23.4. The Morgan fingerprint density at radius 2 is 1.58 bits per heavy atom. The van der Waals surface area contributed by atoms with Crippen LogP contribution in [0.2, 0.25) is 0 Å². The van der Waals surface area contributed by atoms with Crippen LogP contribution in [0.1, 0.15) is 18.4 Å². The summed E-state index contributed by atoms with van der Waals surface area (Å²) < 4.78 is 0. The van der Waals surface area contributed by atoms with Gasteiger partial charge in [0, 0.05) is 18.6 Å². The van der Waals surface area contributed by atoms with Crippen molar-refractivity contribution in [1.82, 2.24) is 16.0 Å². The summed E-state index contributed by atoms with van der Waals surface area (Å²) in [7, 11) is 0. The van der Waals surface area contributed by atoms with Crippen LogP contribution >= 0.6 is 12.6 Å². The van der Waals surface area contributed by atoms with Crippen molar-refractivity contribution in [3.63, 3.8) is 0 Å². The Morgan fingerprint density at radius 1 is 0.968 bits per heavy atom. The number of nitrogens with one attached hydrogen (secondary N) is 3. The molecule has 31 heavy (non-hydrogen) atoms. The number of carbonyl (C=O) groups is 5. The molecule has 170 valence electrons. The molecular weight excluding hydrogens is 426 g/mol. The lowest BCUT2D eigenvalue weighted by Gasteiger charge is -2.23. The highest BCUT2D eigenvalue weighted by Crippen LogP contribution is 2.05. The smallest absolute Gasteiger partial charge is 0.322 e. The maximum atomic E-state index is 12.8. The molecule has 12 heteroatoms. The number of thiol groups is 1. The zero-order valence-corrected chi connectivity index (χ0v) is 17.6. The third-order valence-electron chi connectivity index (χ3n) is 4.18.